The van der Waals surface area contributed by atoms with Gasteiger partial charge in [0.2, 0.25) is 5.91 Å². The third kappa shape index (κ3) is 4.79. The Labute approximate surface area is 113 Å². The molecule has 0 aliphatic carbocycles. The molecule has 106 valence electrons. The van der Waals surface area contributed by atoms with Gasteiger partial charge < -0.3 is 15.5 Å². The fraction of sp³-hybridized carbons (Fsp3) is 0.500. The SMILES string of the molecule is CCCNC(=O)CN(C)C(C)c1cc(O)cc(O)c1. The number of benzene rings is 1. The van der Waals surface area contributed by atoms with E-state index in [1.54, 1.807) is 12.1 Å². The summed E-state index contributed by atoms with van der Waals surface area (Å²) in [6.07, 6.45) is 0.908. The van der Waals surface area contributed by atoms with Gasteiger partial charge in [0.1, 0.15) is 11.5 Å². The average molecular weight is 266 g/mol. The Morgan fingerprint density at radius 3 is 2.42 bits per heavy atom. The first-order chi connectivity index (χ1) is 8.93. The quantitative estimate of drug-likeness (QED) is 0.731. The van der Waals surface area contributed by atoms with E-state index in [2.05, 4.69) is 5.32 Å². The van der Waals surface area contributed by atoms with Crippen molar-refractivity contribution in [3.8, 4) is 11.5 Å². The van der Waals surface area contributed by atoms with E-state index in [9.17, 15) is 15.0 Å². The fourth-order valence-electron chi connectivity index (χ4n) is 1.80. The number of amides is 1. The molecule has 0 aliphatic rings. The second kappa shape index (κ2) is 6.99. The first-order valence-corrected chi connectivity index (χ1v) is 6.44. The van der Waals surface area contributed by atoms with Gasteiger partial charge in [0.05, 0.1) is 6.54 Å². The molecule has 0 radical (unpaired) electrons. The lowest BCUT2D eigenvalue weighted by molar-refractivity contribution is -0.122. The van der Waals surface area contributed by atoms with Crippen LogP contribution < -0.4 is 5.32 Å². The minimum absolute atomic E-state index is 0.0192. The summed E-state index contributed by atoms with van der Waals surface area (Å²) in [6.45, 7) is 4.87. The number of aromatic hydroxyl groups is 2. The van der Waals surface area contributed by atoms with Gasteiger partial charge in [-0.05, 0) is 38.1 Å². The van der Waals surface area contributed by atoms with E-state index in [1.807, 2.05) is 25.8 Å². The van der Waals surface area contributed by atoms with Crippen LogP contribution in [0.4, 0.5) is 0 Å². The van der Waals surface area contributed by atoms with E-state index in [1.165, 1.54) is 6.07 Å². The van der Waals surface area contributed by atoms with Crippen molar-refractivity contribution in [3.05, 3.63) is 23.8 Å². The lowest BCUT2D eigenvalue weighted by Crippen LogP contribution is -2.36. The number of nitrogens with one attached hydrogen (secondary N) is 1. The maximum Gasteiger partial charge on any atom is 0.234 e. The Balaban J connectivity index is 2.65. The van der Waals surface area contributed by atoms with E-state index in [0.29, 0.717) is 6.54 Å². The Hall–Kier alpha value is -1.75. The number of phenolic OH excluding ortho intramolecular Hbond substituents is 2. The Morgan fingerprint density at radius 2 is 1.89 bits per heavy atom. The highest BCUT2D eigenvalue weighted by Crippen LogP contribution is 2.27. The molecule has 0 saturated carbocycles. The average Bonchev–Trinajstić information content (AvgIpc) is 2.34. The van der Waals surface area contributed by atoms with Crippen LogP contribution >= 0.6 is 0 Å². The van der Waals surface area contributed by atoms with Gasteiger partial charge in [-0.2, -0.15) is 0 Å². The van der Waals surface area contributed by atoms with Gasteiger partial charge in [-0.15, -0.1) is 0 Å². The van der Waals surface area contributed by atoms with Crippen molar-refractivity contribution in [1.82, 2.24) is 10.2 Å². The van der Waals surface area contributed by atoms with Crippen LogP contribution in [-0.4, -0.2) is 41.2 Å². The number of likely N-dealkylation sites (N-methyl/N-ethyl adjacent to an activating group) is 1. The highest BCUT2D eigenvalue weighted by molar-refractivity contribution is 5.78. The van der Waals surface area contributed by atoms with Crippen LogP contribution in [0.1, 0.15) is 31.9 Å². The number of carbonyl (C=O) groups is 1. The summed E-state index contributed by atoms with van der Waals surface area (Å²) < 4.78 is 0. The molecule has 5 heteroatoms. The van der Waals surface area contributed by atoms with Crippen LogP contribution in [0, 0.1) is 0 Å². The van der Waals surface area contributed by atoms with Crippen molar-refractivity contribution in [2.45, 2.75) is 26.3 Å². The molecule has 1 rings (SSSR count). The van der Waals surface area contributed by atoms with E-state index >= 15 is 0 Å². The molecule has 0 fully saturated rings. The van der Waals surface area contributed by atoms with Gasteiger partial charge in [-0.1, -0.05) is 6.92 Å². The number of carbonyl (C=O) groups excluding carboxylic acids is 1. The summed E-state index contributed by atoms with van der Waals surface area (Å²) >= 11 is 0. The Morgan fingerprint density at radius 1 is 1.32 bits per heavy atom. The first kappa shape index (κ1) is 15.3. The third-order valence-electron chi connectivity index (χ3n) is 3.03. The lowest BCUT2D eigenvalue weighted by Gasteiger charge is -2.24. The topological polar surface area (TPSA) is 72.8 Å². The molecular formula is C14H22N2O3. The molecule has 19 heavy (non-hydrogen) atoms. The maximum atomic E-state index is 11.6. The highest BCUT2D eigenvalue weighted by atomic mass is 16.3. The number of hydrogen-bond donors (Lipinski definition) is 3. The standard InChI is InChI=1S/C14H22N2O3/c1-4-5-15-14(19)9-16(3)10(2)11-6-12(17)8-13(18)7-11/h6-8,10,17-18H,4-5,9H2,1-3H3,(H,15,19). The highest BCUT2D eigenvalue weighted by Gasteiger charge is 2.15. The predicted octanol–water partition coefficient (Wildman–Crippen LogP) is 1.62. The minimum atomic E-state index is -0.0784. The monoisotopic (exact) mass is 266 g/mol. The van der Waals surface area contributed by atoms with E-state index in [-0.39, 0.29) is 30.0 Å². The van der Waals surface area contributed by atoms with Crippen LogP contribution in [0.15, 0.2) is 18.2 Å². The maximum absolute atomic E-state index is 11.6. The first-order valence-electron chi connectivity index (χ1n) is 6.44. The largest absolute Gasteiger partial charge is 0.508 e. The summed E-state index contributed by atoms with van der Waals surface area (Å²) in [5, 5.41) is 21.7. The predicted molar refractivity (Wildman–Crippen MR) is 74.1 cm³/mol. The molecule has 1 amide bonds. The number of hydrogen-bond acceptors (Lipinski definition) is 4. The third-order valence-corrected chi connectivity index (χ3v) is 3.03. The zero-order valence-corrected chi connectivity index (χ0v) is 11.7. The van der Waals surface area contributed by atoms with Gasteiger partial charge in [-0.3, -0.25) is 9.69 Å². The van der Waals surface area contributed by atoms with E-state index in [0.717, 1.165) is 12.0 Å². The zero-order chi connectivity index (χ0) is 14.4. The van der Waals surface area contributed by atoms with Gasteiger partial charge >= 0.3 is 0 Å². The normalized spacial score (nSPS) is 12.4. The van der Waals surface area contributed by atoms with E-state index in [4.69, 9.17) is 0 Å². The molecule has 0 spiro atoms. The van der Waals surface area contributed by atoms with Crippen LogP contribution in [0.25, 0.3) is 0 Å². The molecule has 0 heterocycles. The van der Waals surface area contributed by atoms with Crippen molar-refractivity contribution in [3.63, 3.8) is 0 Å². The summed E-state index contributed by atoms with van der Waals surface area (Å²) in [5.74, 6) is 0.0111. The second-order valence-corrected chi connectivity index (χ2v) is 4.72. The number of phenols is 2. The molecule has 0 saturated heterocycles. The van der Waals surface area contributed by atoms with Gasteiger partial charge in [0, 0.05) is 18.7 Å². The van der Waals surface area contributed by atoms with Gasteiger partial charge in [0.25, 0.3) is 0 Å². The molecule has 3 N–H and O–H groups in total. The Bertz CT molecular complexity index is 414. The van der Waals surface area contributed by atoms with Crippen LogP contribution in [0.2, 0.25) is 0 Å². The summed E-state index contributed by atoms with van der Waals surface area (Å²) in [7, 11) is 1.83. The van der Waals surface area contributed by atoms with Crippen LogP contribution in [-0.2, 0) is 4.79 Å². The van der Waals surface area contributed by atoms with Gasteiger partial charge in [-0.25, -0.2) is 0 Å². The molecule has 1 aromatic rings. The smallest absolute Gasteiger partial charge is 0.234 e. The molecule has 0 aliphatic heterocycles. The molecule has 1 unspecified atom stereocenters. The van der Waals surface area contributed by atoms with Crippen molar-refractivity contribution >= 4 is 5.91 Å². The molecule has 5 nitrogen and oxygen atoms in total. The fourth-order valence-corrected chi connectivity index (χ4v) is 1.80. The molecule has 1 atom stereocenters. The van der Waals surface area contributed by atoms with Crippen molar-refractivity contribution in [2.24, 2.45) is 0 Å². The van der Waals surface area contributed by atoms with Crippen molar-refractivity contribution in [2.75, 3.05) is 20.1 Å². The number of nitrogens with zero attached hydrogens (tertiary/aromatic N) is 1. The van der Waals surface area contributed by atoms with Crippen molar-refractivity contribution < 1.29 is 15.0 Å². The number of rotatable bonds is 6. The van der Waals surface area contributed by atoms with E-state index < -0.39 is 0 Å². The van der Waals surface area contributed by atoms with Crippen LogP contribution in [0.5, 0.6) is 11.5 Å². The van der Waals surface area contributed by atoms with Crippen LogP contribution in [0.3, 0.4) is 0 Å². The second-order valence-electron chi connectivity index (χ2n) is 4.72. The molecule has 0 aromatic heterocycles. The molecular weight excluding hydrogens is 244 g/mol. The summed E-state index contributed by atoms with van der Waals surface area (Å²) in [6, 6.07) is 4.38. The van der Waals surface area contributed by atoms with Crippen molar-refractivity contribution in [1.29, 1.82) is 0 Å². The Kier molecular flexibility index (Phi) is 5.63. The molecule has 1 aromatic carbocycles. The zero-order valence-electron chi connectivity index (χ0n) is 11.7. The minimum Gasteiger partial charge on any atom is -0.508 e. The summed E-state index contributed by atoms with van der Waals surface area (Å²) in [4.78, 5) is 13.5. The van der Waals surface area contributed by atoms with Gasteiger partial charge in [0.15, 0.2) is 0 Å². The molecule has 0 bridgehead atoms. The lowest BCUT2D eigenvalue weighted by atomic mass is 10.1. The summed E-state index contributed by atoms with van der Waals surface area (Å²) in [5.41, 5.74) is 0.767.